The van der Waals surface area contributed by atoms with Gasteiger partial charge in [0, 0.05) is 45.7 Å². The number of nitrogens with zero attached hydrogens (tertiary/aromatic N) is 2. The molecule has 0 aromatic heterocycles. The van der Waals surface area contributed by atoms with E-state index in [1.54, 1.807) is 0 Å². The van der Waals surface area contributed by atoms with E-state index in [0.717, 1.165) is 44.5 Å². The molecule has 40 heavy (non-hydrogen) atoms. The highest BCUT2D eigenvalue weighted by molar-refractivity contribution is 5.97. The molecule has 1 aliphatic rings. The molecule has 1 heterocycles. The van der Waals surface area contributed by atoms with Crippen molar-refractivity contribution in [3.63, 3.8) is 0 Å². The van der Waals surface area contributed by atoms with Gasteiger partial charge in [-0.15, -0.1) is 0 Å². The number of benzene rings is 3. The number of alkyl carbamates (subject to hydrolysis) is 1. The molecule has 4 rings (SSSR count). The lowest BCUT2D eigenvalue weighted by molar-refractivity contribution is 0.0580. The largest absolute Gasteiger partial charge is 0.485 e. The Labute approximate surface area is 238 Å². The van der Waals surface area contributed by atoms with E-state index in [0.29, 0.717) is 24.3 Å². The summed E-state index contributed by atoms with van der Waals surface area (Å²) in [4.78, 5) is 30.0. The van der Waals surface area contributed by atoms with Crippen LogP contribution >= 0.6 is 0 Å². The first kappa shape index (κ1) is 29.2. The lowest BCUT2D eigenvalue weighted by Gasteiger charge is -2.38. The van der Waals surface area contributed by atoms with E-state index >= 15 is 0 Å². The Balaban J connectivity index is 1.41. The number of hydrogen-bond acceptors (Lipinski definition) is 5. The van der Waals surface area contributed by atoms with Crippen molar-refractivity contribution in [1.82, 2.24) is 15.1 Å². The van der Waals surface area contributed by atoms with Crippen molar-refractivity contribution in [3.05, 3.63) is 102 Å². The Morgan fingerprint density at radius 3 is 2.27 bits per heavy atom. The zero-order valence-corrected chi connectivity index (χ0v) is 23.6. The number of hydrogen-bond donors (Lipinski definition) is 1. The molecule has 0 radical (unpaired) electrons. The molecular weight excluding hydrogens is 502 g/mol. The number of likely N-dealkylation sites (tertiary alicyclic amines) is 1. The van der Waals surface area contributed by atoms with Gasteiger partial charge in [0.1, 0.15) is 11.9 Å². The van der Waals surface area contributed by atoms with Gasteiger partial charge in [-0.05, 0) is 49.4 Å². The van der Waals surface area contributed by atoms with Gasteiger partial charge in [0.25, 0.3) is 5.91 Å². The van der Waals surface area contributed by atoms with Crippen LogP contribution in [0.3, 0.4) is 0 Å². The summed E-state index contributed by atoms with van der Waals surface area (Å²) >= 11 is 0. The van der Waals surface area contributed by atoms with Crippen molar-refractivity contribution in [3.8, 4) is 5.75 Å². The van der Waals surface area contributed by atoms with Gasteiger partial charge in [0.05, 0.1) is 12.2 Å². The molecule has 1 saturated heterocycles. The number of para-hydroxylation sites is 1. The molecule has 1 N–H and O–H groups in total. The standard InChI is InChI=1S/C33H41N3O4/c1-3-36(28-19-23-35(24-20-28)22-18-26-12-6-4-7-13-26)32(37)29-16-10-11-17-31(29)40-30(21-25-39-33(38)34-2)27-14-8-5-9-15-27/h4-17,28,30H,3,18-25H2,1-2H3,(H,34,38). The fraction of sp³-hybridized carbons (Fsp3) is 0.394. The van der Waals surface area contributed by atoms with E-state index in [-0.39, 0.29) is 24.7 Å². The topological polar surface area (TPSA) is 71.1 Å². The van der Waals surface area contributed by atoms with E-state index in [9.17, 15) is 9.59 Å². The molecule has 0 bridgehead atoms. The monoisotopic (exact) mass is 543 g/mol. The maximum absolute atomic E-state index is 13.9. The zero-order valence-electron chi connectivity index (χ0n) is 23.6. The molecule has 1 aliphatic heterocycles. The Morgan fingerprint density at radius 1 is 0.950 bits per heavy atom. The third-order valence-corrected chi connectivity index (χ3v) is 7.53. The van der Waals surface area contributed by atoms with Crippen LogP contribution in [0.5, 0.6) is 5.75 Å². The zero-order chi connectivity index (χ0) is 28.2. The Hall–Kier alpha value is -3.84. The summed E-state index contributed by atoms with van der Waals surface area (Å²) < 4.78 is 11.7. The lowest BCUT2D eigenvalue weighted by Crippen LogP contribution is -2.47. The minimum absolute atomic E-state index is 0.00532. The molecule has 1 fully saturated rings. The van der Waals surface area contributed by atoms with Crippen LogP contribution in [0.1, 0.15) is 53.8 Å². The quantitative estimate of drug-likeness (QED) is 0.316. The smallest absolute Gasteiger partial charge is 0.406 e. The van der Waals surface area contributed by atoms with Gasteiger partial charge >= 0.3 is 6.09 Å². The van der Waals surface area contributed by atoms with Crippen LogP contribution in [0.4, 0.5) is 4.79 Å². The van der Waals surface area contributed by atoms with Crippen LogP contribution in [0.2, 0.25) is 0 Å². The lowest BCUT2D eigenvalue weighted by atomic mass is 10.0. The summed E-state index contributed by atoms with van der Waals surface area (Å²) in [6.45, 7) is 5.90. The summed E-state index contributed by atoms with van der Waals surface area (Å²) in [6.07, 6.45) is 2.57. The number of ether oxygens (including phenoxy) is 2. The van der Waals surface area contributed by atoms with E-state index in [4.69, 9.17) is 9.47 Å². The van der Waals surface area contributed by atoms with Gasteiger partial charge in [-0.1, -0.05) is 72.8 Å². The number of carbonyl (C=O) groups is 2. The molecule has 0 spiro atoms. The Kier molecular flexibility index (Phi) is 11.0. The van der Waals surface area contributed by atoms with Crippen LogP contribution in [-0.2, 0) is 11.2 Å². The number of carbonyl (C=O) groups excluding carboxylic acids is 2. The highest BCUT2D eigenvalue weighted by Gasteiger charge is 2.29. The number of amides is 2. The summed E-state index contributed by atoms with van der Waals surface area (Å²) in [6, 6.07) is 28.1. The third kappa shape index (κ3) is 8.09. The van der Waals surface area contributed by atoms with Crippen molar-refractivity contribution < 1.29 is 19.1 Å². The first-order valence-corrected chi connectivity index (χ1v) is 14.3. The van der Waals surface area contributed by atoms with E-state index < -0.39 is 6.09 Å². The average Bonchev–Trinajstić information content (AvgIpc) is 3.01. The SMILES string of the molecule is CCN(C(=O)c1ccccc1OC(CCOC(=O)NC)c1ccccc1)C1CCN(CCc2ccccc2)CC1. The summed E-state index contributed by atoms with van der Waals surface area (Å²) in [7, 11) is 1.53. The summed E-state index contributed by atoms with van der Waals surface area (Å²) in [5.41, 5.74) is 2.88. The van der Waals surface area contributed by atoms with Crippen molar-refractivity contribution in [2.24, 2.45) is 0 Å². The maximum atomic E-state index is 13.9. The van der Waals surface area contributed by atoms with E-state index in [1.807, 2.05) is 66.4 Å². The second-order valence-corrected chi connectivity index (χ2v) is 10.1. The van der Waals surface area contributed by atoms with Crippen molar-refractivity contribution >= 4 is 12.0 Å². The third-order valence-electron chi connectivity index (χ3n) is 7.53. The molecule has 7 heteroatoms. The summed E-state index contributed by atoms with van der Waals surface area (Å²) in [5, 5.41) is 2.46. The average molecular weight is 544 g/mol. The molecular formula is C33H41N3O4. The summed E-state index contributed by atoms with van der Waals surface area (Å²) in [5.74, 6) is 0.536. The molecule has 3 aromatic rings. The first-order valence-electron chi connectivity index (χ1n) is 14.3. The van der Waals surface area contributed by atoms with Crippen molar-refractivity contribution in [2.45, 2.75) is 44.8 Å². The van der Waals surface area contributed by atoms with Gasteiger partial charge in [-0.3, -0.25) is 4.79 Å². The Bertz CT molecular complexity index is 1200. The molecule has 212 valence electrons. The van der Waals surface area contributed by atoms with Crippen LogP contribution in [0, 0.1) is 0 Å². The van der Waals surface area contributed by atoms with Crippen LogP contribution < -0.4 is 10.1 Å². The van der Waals surface area contributed by atoms with Gasteiger partial charge in [0.2, 0.25) is 0 Å². The predicted octanol–water partition coefficient (Wildman–Crippen LogP) is 5.72. The predicted molar refractivity (Wildman–Crippen MR) is 158 cm³/mol. The van der Waals surface area contributed by atoms with E-state index in [1.165, 1.54) is 12.6 Å². The second kappa shape index (κ2) is 15.1. The first-order chi connectivity index (χ1) is 19.6. The van der Waals surface area contributed by atoms with Gasteiger partial charge < -0.3 is 24.6 Å². The highest BCUT2D eigenvalue weighted by atomic mass is 16.5. The molecule has 1 unspecified atom stereocenters. The van der Waals surface area contributed by atoms with Crippen LogP contribution in [-0.4, -0.2) is 67.7 Å². The number of rotatable bonds is 12. The fourth-order valence-corrected chi connectivity index (χ4v) is 5.30. The fourth-order valence-electron chi connectivity index (χ4n) is 5.30. The Morgan fingerprint density at radius 2 is 1.60 bits per heavy atom. The van der Waals surface area contributed by atoms with Crippen LogP contribution in [0.15, 0.2) is 84.9 Å². The number of nitrogens with one attached hydrogen (secondary N) is 1. The second-order valence-electron chi connectivity index (χ2n) is 10.1. The molecule has 2 amide bonds. The van der Waals surface area contributed by atoms with Crippen molar-refractivity contribution in [1.29, 1.82) is 0 Å². The molecule has 0 saturated carbocycles. The van der Waals surface area contributed by atoms with Crippen molar-refractivity contribution in [2.75, 3.05) is 39.8 Å². The highest BCUT2D eigenvalue weighted by Crippen LogP contribution is 2.30. The normalized spacial score (nSPS) is 14.8. The molecule has 3 aromatic carbocycles. The maximum Gasteiger partial charge on any atom is 0.406 e. The molecule has 7 nitrogen and oxygen atoms in total. The minimum Gasteiger partial charge on any atom is -0.485 e. The number of piperidine rings is 1. The van der Waals surface area contributed by atoms with Gasteiger partial charge in [-0.2, -0.15) is 0 Å². The van der Waals surface area contributed by atoms with E-state index in [2.05, 4.69) is 40.5 Å². The van der Waals surface area contributed by atoms with Crippen LogP contribution in [0.25, 0.3) is 0 Å². The molecule has 0 aliphatic carbocycles. The molecule has 1 atom stereocenters. The van der Waals surface area contributed by atoms with Gasteiger partial charge in [0.15, 0.2) is 0 Å². The van der Waals surface area contributed by atoms with Gasteiger partial charge in [-0.25, -0.2) is 4.79 Å². The minimum atomic E-state index is -0.480.